The molecule has 5 nitrogen and oxygen atoms in total. The zero-order valence-electron chi connectivity index (χ0n) is 10.5. The van der Waals surface area contributed by atoms with Gasteiger partial charge in [0.25, 0.3) is 0 Å². The van der Waals surface area contributed by atoms with E-state index in [1.165, 1.54) is 6.07 Å². The summed E-state index contributed by atoms with van der Waals surface area (Å²) in [6.07, 6.45) is 5.06. The minimum absolute atomic E-state index is 0.0183. The maximum Gasteiger partial charge on any atom is 0.311 e. The summed E-state index contributed by atoms with van der Waals surface area (Å²) in [6.45, 7) is 4.62. The third-order valence-electron chi connectivity index (χ3n) is 2.25. The Hall–Kier alpha value is -2.06. The average Bonchev–Trinajstić information content (AvgIpc) is 2.34. The number of nitrogens with zero attached hydrogens (tertiary/aromatic N) is 1. The molecule has 0 aliphatic heterocycles. The Labute approximate surface area is 106 Å². The van der Waals surface area contributed by atoms with Gasteiger partial charge in [0.15, 0.2) is 5.75 Å². The number of ether oxygens (including phenoxy) is 1. The number of hydrogen-bond donors (Lipinski definition) is 1. The summed E-state index contributed by atoms with van der Waals surface area (Å²) >= 11 is 0. The fourth-order valence-corrected chi connectivity index (χ4v) is 1.38. The Morgan fingerprint density at radius 2 is 2.28 bits per heavy atom. The molecule has 0 amide bonds. The van der Waals surface area contributed by atoms with Crippen molar-refractivity contribution >= 4 is 5.69 Å². The van der Waals surface area contributed by atoms with Crippen molar-refractivity contribution in [3.05, 3.63) is 33.9 Å². The Balaban J connectivity index is 2.89. The molecule has 1 aromatic carbocycles. The van der Waals surface area contributed by atoms with Crippen LogP contribution < -0.4 is 10.1 Å². The van der Waals surface area contributed by atoms with Crippen LogP contribution in [-0.2, 0) is 6.54 Å². The van der Waals surface area contributed by atoms with E-state index in [0.717, 1.165) is 5.56 Å². The van der Waals surface area contributed by atoms with Gasteiger partial charge in [-0.25, -0.2) is 0 Å². The molecule has 0 radical (unpaired) electrons. The average molecular weight is 248 g/mol. The van der Waals surface area contributed by atoms with Crippen LogP contribution in [0.1, 0.15) is 19.4 Å². The number of nitro benzene ring substituents is 1. The Morgan fingerprint density at radius 1 is 1.56 bits per heavy atom. The summed E-state index contributed by atoms with van der Waals surface area (Å²) in [6, 6.07) is 5.18. The van der Waals surface area contributed by atoms with E-state index in [1.807, 2.05) is 13.8 Å². The molecule has 0 spiro atoms. The van der Waals surface area contributed by atoms with Crippen molar-refractivity contribution in [2.75, 3.05) is 6.61 Å². The minimum Gasteiger partial charge on any atom is -0.474 e. The molecule has 0 fully saturated rings. The number of hydrogen-bond acceptors (Lipinski definition) is 4. The number of nitrogens with one attached hydrogen (secondary N) is 1. The highest BCUT2D eigenvalue weighted by Crippen LogP contribution is 2.27. The normalized spacial score (nSPS) is 10.1. The monoisotopic (exact) mass is 248 g/mol. The number of nitro groups is 1. The maximum atomic E-state index is 10.9. The molecule has 0 aliphatic rings. The predicted molar refractivity (Wildman–Crippen MR) is 69.4 cm³/mol. The first kappa shape index (κ1) is 14.0. The van der Waals surface area contributed by atoms with Crippen molar-refractivity contribution < 1.29 is 9.66 Å². The first-order chi connectivity index (χ1) is 8.54. The molecule has 1 aromatic rings. The van der Waals surface area contributed by atoms with E-state index in [0.29, 0.717) is 12.6 Å². The highest BCUT2D eigenvalue weighted by atomic mass is 16.6. The van der Waals surface area contributed by atoms with Gasteiger partial charge in [0.05, 0.1) is 4.92 Å². The molecule has 1 N–H and O–H groups in total. The third kappa shape index (κ3) is 4.07. The number of rotatable bonds is 6. The fourth-order valence-electron chi connectivity index (χ4n) is 1.38. The first-order valence-corrected chi connectivity index (χ1v) is 5.61. The second kappa shape index (κ2) is 6.62. The molecule has 0 saturated heterocycles. The Morgan fingerprint density at radius 3 is 2.83 bits per heavy atom. The maximum absolute atomic E-state index is 10.9. The molecule has 0 aliphatic carbocycles. The van der Waals surface area contributed by atoms with Gasteiger partial charge in [0.1, 0.15) is 6.61 Å². The lowest BCUT2D eigenvalue weighted by atomic mass is 10.2. The van der Waals surface area contributed by atoms with Gasteiger partial charge in [-0.2, -0.15) is 0 Å². The lowest BCUT2D eigenvalue weighted by molar-refractivity contribution is -0.385. The summed E-state index contributed by atoms with van der Waals surface area (Å²) in [7, 11) is 0. The molecule has 0 bridgehead atoms. The van der Waals surface area contributed by atoms with E-state index in [2.05, 4.69) is 11.2 Å². The number of benzene rings is 1. The standard InChI is InChI=1S/C13H16N2O3/c1-4-7-18-13-6-5-11(9-14-10(2)3)8-12(13)15(16)17/h1,5-6,8,10,14H,7,9H2,2-3H3. The molecule has 0 aromatic heterocycles. The molecule has 96 valence electrons. The highest BCUT2D eigenvalue weighted by Gasteiger charge is 2.15. The van der Waals surface area contributed by atoms with Crippen LogP contribution in [0, 0.1) is 22.5 Å². The van der Waals surface area contributed by atoms with Crippen LogP contribution in [0.25, 0.3) is 0 Å². The van der Waals surface area contributed by atoms with Gasteiger partial charge >= 0.3 is 5.69 Å². The van der Waals surface area contributed by atoms with Crippen LogP contribution in [-0.4, -0.2) is 17.6 Å². The fraction of sp³-hybridized carbons (Fsp3) is 0.385. The van der Waals surface area contributed by atoms with Crippen LogP contribution in [0.15, 0.2) is 18.2 Å². The molecule has 1 rings (SSSR count). The SMILES string of the molecule is C#CCOc1ccc(CNC(C)C)cc1[N+](=O)[O-]. The van der Waals surface area contributed by atoms with Crippen molar-refractivity contribution in [1.29, 1.82) is 0 Å². The summed E-state index contributed by atoms with van der Waals surface area (Å²) in [5, 5.41) is 14.1. The van der Waals surface area contributed by atoms with Gasteiger partial charge in [-0.3, -0.25) is 10.1 Å². The summed E-state index contributed by atoms with van der Waals surface area (Å²) in [5.74, 6) is 2.48. The van der Waals surface area contributed by atoms with E-state index in [9.17, 15) is 10.1 Å². The largest absolute Gasteiger partial charge is 0.474 e. The lowest BCUT2D eigenvalue weighted by Gasteiger charge is -2.09. The van der Waals surface area contributed by atoms with Crippen molar-refractivity contribution in [2.45, 2.75) is 26.4 Å². The molecule has 0 saturated carbocycles. The summed E-state index contributed by atoms with van der Waals surface area (Å²) in [4.78, 5) is 10.5. The van der Waals surface area contributed by atoms with E-state index in [4.69, 9.17) is 11.2 Å². The Kier molecular flexibility index (Phi) is 5.15. The van der Waals surface area contributed by atoms with Gasteiger partial charge < -0.3 is 10.1 Å². The van der Waals surface area contributed by atoms with E-state index >= 15 is 0 Å². The van der Waals surface area contributed by atoms with Crippen LogP contribution in [0.3, 0.4) is 0 Å². The number of terminal acetylenes is 1. The van der Waals surface area contributed by atoms with Gasteiger partial charge in [0, 0.05) is 18.7 Å². The van der Waals surface area contributed by atoms with Crippen LogP contribution >= 0.6 is 0 Å². The second-order valence-electron chi connectivity index (χ2n) is 4.09. The zero-order chi connectivity index (χ0) is 13.5. The summed E-state index contributed by atoms with van der Waals surface area (Å²) in [5.41, 5.74) is 0.775. The zero-order valence-corrected chi connectivity index (χ0v) is 10.5. The van der Waals surface area contributed by atoms with Crippen LogP contribution in [0.5, 0.6) is 5.75 Å². The van der Waals surface area contributed by atoms with Gasteiger partial charge in [0.2, 0.25) is 0 Å². The van der Waals surface area contributed by atoms with Crippen LogP contribution in [0.2, 0.25) is 0 Å². The first-order valence-electron chi connectivity index (χ1n) is 5.61. The second-order valence-corrected chi connectivity index (χ2v) is 4.09. The molecule has 0 unspecified atom stereocenters. The summed E-state index contributed by atoms with van der Waals surface area (Å²) < 4.78 is 5.13. The smallest absolute Gasteiger partial charge is 0.311 e. The molecule has 0 atom stereocenters. The van der Waals surface area contributed by atoms with Crippen molar-refractivity contribution in [2.24, 2.45) is 0 Å². The molecule has 0 heterocycles. The lowest BCUT2D eigenvalue weighted by Crippen LogP contribution is -2.21. The van der Waals surface area contributed by atoms with E-state index in [-0.39, 0.29) is 18.0 Å². The van der Waals surface area contributed by atoms with Crippen molar-refractivity contribution in [1.82, 2.24) is 5.32 Å². The van der Waals surface area contributed by atoms with Gasteiger partial charge in [-0.15, -0.1) is 6.42 Å². The molecule has 18 heavy (non-hydrogen) atoms. The van der Waals surface area contributed by atoms with Gasteiger partial charge in [-0.05, 0) is 11.6 Å². The van der Waals surface area contributed by atoms with Crippen LogP contribution in [0.4, 0.5) is 5.69 Å². The Bertz CT molecular complexity index is 464. The topological polar surface area (TPSA) is 64.4 Å². The van der Waals surface area contributed by atoms with Crippen molar-refractivity contribution in [3.63, 3.8) is 0 Å². The minimum atomic E-state index is -0.468. The van der Waals surface area contributed by atoms with E-state index in [1.54, 1.807) is 12.1 Å². The van der Waals surface area contributed by atoms with Crippen molar-refractivity contribution in [3.8, 4) is 18.1 Å². The molecular weight excluding hydrogens is 232 g/mol. The predicted octanol–water partition coefficient (Wildman–Crippen LogP) is 2.10. The quantitative estimate of drug-likeness (QED) is 0.475. The molecule has 5 heteroatoms. The highest BCUT2D eigenvalue weighted by molar-refractivity contribution is 5.48. The molecular formula is C13H16N2O3. The third-order valence-corrected chi connectivity index (χ3v) is 2.25. The van der Waals surface area contributed by atoms with Gasteiger partial charge in [-0.1, -0.05) is 25.8 Å². The van der Waals surface area contributed by atoms with E-state index < -0.39 is 4.92 Å².